The maximum atomic E-state index is 5.52. The average Bonchev–Trinajstić information content (AvgIpc) is 3.16. The average molecular weight is 367 g/mol. The topological polar surface area (TPSA) is 77.4 Å². The van der Waals surface area contributed by atoms with E-state index in [0.717, 1.165) is 29.6 Å². The van der Waals surface area contributed by atoms with E-state index in [0.29, 0.717) is 24.3 Å². The van der Waals surface area contributed by atoms with Crippen molar-refractivity contribution >= 4 is 15.9 Å². The zero-order valence-electron chi connectivity index (χ0n) is 12.5. The Morgan fingerprint density at radius 3 is 3.09 bits per heavy atom. The lowest BCUT2D eigenvalue weighted by atomic mass is 10.0. The second-order valence-corrected chi connectivity index (χ2v) is 6.24. The third kappa shape index (κ3) is 3.16. The van der Waals surface area contributed by atoms with Crippen molar-refractivity contribution in [1.29, 1.82) is 0 Å². The predicted molar refractivity (Wildman–Crippen MR) is 85.3 cm³/mol. The largest absolute Gasteiger partial charge is 0.496 e. The molecule has 1 unspecified atom stereocenters. The lowest BCUT2D eigenvalue weighted by molar-refractivity contribution is 0.233. The van der Waals surface area contributed by atoms with Crippen LogP contribution in [0.25, 0.3) is 0 Å². The van der Waals surface area contributed by atoms with Gasteiger partial charge in [0.1, 0.15) is 5.75 Å². The summed E-state index contributed by atoms with van der Waals surface area (Å²) in [4.78, 5) is 6.65. The Morgan fingerprint density at radius 1 is 1.50 bits per heavy atom. The Hall–Kier alpha value is -1.44. The number of aromatic nitrogens is 2. The highest BCUT2D eigenvalue weighted by Crippen LogP contribution is 2.38. The van der Waals surface area contributed by atoms with Crippen LogP contribution in [0.5, 0.6) is 5.75 Å². The van der Waals surface area contributed by atoms with E-state index in [9.17, 15) is 0 Å². The molecule has 2 heterocycles. The summed E-state index contributed by atoms with van der Waals surface area (Å²) in [7, 11) is 1.71. The number of hydrogen-bond donors (Lipinski definition) is 1. The Balaban J connectivity index is 1.82. The number of ether oxygens (including phenoxy) is 1. The number of nitrogens with two attached hydrogens (primary N) is 1. The van der Waals surface area contributed by atoms with Crippen LogP contribution in [-0.4, -0.2) is 28.7 Å². The van der Waals surface area contributed by atoms with Crippen molar-refractivity contribution in [2.75, 3.05) is 13.7 Å². The van der Waals surface area contributed by atoms with Crippen molar-refractivity contribution in [1.82, 2.24) is 15.0 Å². The van der Waals surface area contributed by atoms with Crippen LogP contribution in [-0.2, 0) is 13.1 Å². The summed E-state index contributed by atoms with van der Waals surface area (Å²) in [5, 5.41) is 3.99. The molecule has 2 aromatic rings. The fourth-order valence-electron chi connectivity index (χ4n) is 2.95. The van der Waals surface area contributed by atoms with Crippen LogP contribution < -0.4 is 10.5 Å². The summed E-state index contributed by atoms with van der Waals surface area (Å²) in [6, 6.07) is 6.42. The molecule has 1 saturated heterocycles. The second kappa shape index (κ2) is 6.76. The molecule has 0 amide bonds. The lowest BCUT2D eigenvalue weighted by Crippen LogP contribution is -2.23. The monoisotopic (exact) mass is 366 g/mol. The molecular formula is C15H19BrN4O2. The molecule has 0 bridgehead atoms. The summed E-state index contributed by atoms with van der Waals surface area (Å²) in [6.45, 7) is 1.94. The fraction of sp³-hybridized carbons (Fsp3) is 0.467. The van der Waals surface area contributed by atoms with Crippen molar-refractivity contribution in [3.63, 3.8) is 0 Å². The molecule has 1 fully saturated rings. The van der Waals surface area contributed by atoms with Gasteiger partial charge in [0.05, 0.1) is 20.2 Å². The third-order valence-corrected chi connectivity index (χ3v) is 4.44. The first kappa shape index (κ1) is 15.5. The summed E-state index contributed by atoms with van der Waals surface area (Å²) >= 11 is 3.54. The molecule has 7 heteroatoms. The van der Waals surface area contributed by atoms with E-state index in [1.54, 1.807) is 7.11 Å². The third-order valence-electron chi connectivity index (χ3n) is 3.94. The van der Waals surface area contributed by atoms with Crippen LogP contribution in [0, 0.1) is 0 Å². The van der Waals surface area contributed by atoms with Gasteiger partial charge >= 0.3 is 0 Å². The SMILES string of the molecule is COc1ccc(Br)cc1C1CCCN1Cc1noc(CN)n1. The molecule has 0 saturated carbocycles. The van der Waals surface area contributed by atoms with Crippen molar-refractivity contribution in [2.24, 2.45) is 5.73 Å². The molecule has 2 N–H and O–H groups in total. The minimum absolute atomic E-state index is 0.274. The first-order chi connectivity index (χ1) is 10.7. The van der Waals surface area contributed by atoms with E-state index in [1.807, 2.05) is 12.1 Å². The Bertz CT molecular complexity index is 646. The maximum Gasteiger partial charge on any atom is 0.240 e. The van der Waals surface area contributed by atoms with Gasteiger partial charge in [0.2, 0.25) is 5.89 Å². The zero-order chi connectivity index (χ0) is 15.5. The smallest absolute Gasteiger partial charge is 0.240 e. The first-order valence-electron chi connectivity index (χ1n) is 7.30. The van der Waals surface area contributed by atoms with E-state index in [1.165, 1.54) is 5.56 Å². The standard InChI is InChI=1S/C15H19BrN4O2/c1-21-13-5-4-10(16)7-11(13)12-3-2-6-20(12)9-14-18-15(8-17)22-19-14/h4-5,7,12H,2-3,6,8-9,17H2,1H3. The number of halogens is 1. The van der Waals surface area contributed by atoms with Crippen LogP contribution >= 0.6 is 15.9 Å². The Labute approximate surface area is 137 Å². The van der Waals surface area contributed by atoms with Crippen LogP contribution in [0.2, 0.25) is 0 Å². The molecule has 1 aromatic carbocycles. The summed E-state index contributed by atoms with van der Waals surface area (Å²) in [6.07, 6.45) is 2.23. The van der Waals surface area contributed by atoms with Gasteiger partial charge in [-0.25, -0.2) is 0 Å². The highest BCUT2D eigenvalue weighted by atomic mass is 79.9. The quantitative estimate of drug-likeness (QED) is 0.876. The van der Waals surface area contributed by atoms with Crippen molar-refractivity contribution < 1.29 is 9.26 Å². The molecule has 6 nitrogen and oxygen atoms in total. The molecule has 1 aliphatic heterocycles. The van der Waals surface area contributed by atoms with Crippen molar-refractivity contribution in [3.8, 4) is 5.75 Å². The van der Waals surface area contributed by atoms with E-state index in [-0.39, 0.29) is 6.54 Å². The van der Waals surface area contributed by atoms with E-state index >= 15 is 0 Å². The molecule has 0 spiro atoms. The van der Waals surface area contributed by atoms with Gasteiger partial charge in [-0.3, -0.25) is 4.90 Å². The molecule has 118 valence electrons. The van der Waals surface area contributed by atoms with Gasteiger partial charge in [-0.15, -0.1) is 0 Å². The van der Waals surface area contributed by atoms with Gasteiger partial charge in [-0.1, -0.05) is 21.1 Å². The van der Waals surface area contributed by atoms with Crippen LogP contribution in [0.4, 0.5) is 0 Å². The Kier molecular flexibility index (Phi) is 4.75. The molecular weight excluding hydrogens is 348 g/mol. The molecule has 1 atom stereocenters. The minimum Gasteiger partial charge on any atom is -0.496 e. The van der Waals surface area contributed by atoms with Gasteiger partial charge in [-0.05, 0) is 37.6 Å². The zero-order valence-corrected chi connectivity index (χ0v) is 14.0. The fourth-order valence-corrected chi connectivity index (χ4v) is 3.33. The highest BCUT2D eigenvalue weighted by Gasteiger charge is 2.29. The molecule has 3 rings (SSSR count). The van der Waals surface area contributed by atoms with Crippen LogP contribution in [0.1, 0.15) is 36.2 Å². The molecule has 0 aliphatic carbocycles. The predicted octanol–water partition coefficient (Wildman–Crippen LogP) is 2.64. The number of rotatable bonds is 5. The molecule has 1 aromatic heterocycles. The molecule has 0 radical (unpaired) electrons. The van der Waals surface area contributed by atoms with Crippen molar-refractivity contribution in [3.05, 3.63) is 40.0 Å². The molecule has 1 aliphatic rings. The minimum atomic E-state index is 0.274. The van der Waals surface area contributed by atoms with E-state index in [2.05, 4.69) is 37.0 Å². The van der Waals surface area contributed by atoms with Gasteiger partial charge in [-0.2, -0.15) is 4.98 Å². The van der Waals surface area contributed by atoms with Crippen LogP contribution in [0.15, 0.2) is 27.2 Å². The van der Waals surface area contributed by atoms with E-state index < -0.39 is 0 Å². The maximum absolute atomic E-state index is 5.52. The molecule has 22 heavy (non-hydrogen) atoms. The summed E-state index contributed by atoms with van der Waals surface area (Å²) < 4.78 is 11.7. The summed E-state index contributed by atoms with van der Waals surface area (Å²) in [5.74, 6) is 2.07. The number of benzene rings is 1. The highest BCUT2D eigenvalue weighted by molar-refractivity contribution is 9.10. The van der Waals surface area contributed by atoms with Gasteiger partial charge < -0.3 is 15.0 Å². The first-order valence-corrected chi connectivity index (χ1v) is 8.09. The van der Waals surface area contributed by atoms with Crippen LogP contribution in [0.3, 0.4) is 0 Å². The van der Waals surface area contributed by atoms with E-state index in [4.69, 9.17) is 15.0 Å². The van der Waals surface area contributed by atoms with Crippen molar-refractivity contribution in [2.45, 2.75) is 32.0 Å². The summed E-state index contributed by atoms with van der Waals surface area (Å²) in [5.41, 5.74) is 6.70. The second-order valence-electron chi connectivity index (χ2n) is 5.32. The number of nitrogens with zero attached hydrogens (tertiary/aromatic N) is 3. The lowest BCUT2D eigenvalue weighted by Gasteiger charge is -2.25. The van der Waals surface area contributed by atoms with Gasteiger partial charge in [0.15, 0.2) is 5.82 Å². The normalized spacial score (nSPS) is 18.8. The number of hydrogen-bond acceptors (Lipinski definition) is 6. The Morgan fingerprint density at radius 2 is 2.36 bits per heavy atom. The number of likely N-dealkylation sites (tertiary alicyclic amines) is 1. The number of methoxy groups -OCH3 is 1. The van der Waals surface area contributed by atoms with Gasteiger partial charge in [0.25, 0.3) is 0 Å². The van der Waals surface area contributed by atoms with Gasteiger partial charge in [0, 0.05) is 16.1 Å².